The summed E-state index contributed by atoms with van der Waals surface area (Å²) in [6, 6.07) is 0. The van der Waals surface area contributed by atoms with Crippen molar-refractivity contribution in [3.63, 3.8) is 0 Å². The molecule has 1 N–H and O–H groups in total. The van der Waals surface area contributed by atoms with Crippen molar-refractivity contribution >= 4 is 11.0 Å². The molecule has 0 radical (unpaired) electrons. The van der Waals surface area contributed by atoms with Gasteiger partial charge in [0.15, 0.2) is 5.65 Å². The van der Waals surface area contributed by atoms with E-state index in [-0.39, 0.29) is 5.56 Å². The maximum absolute atomic E-state index is 12.2. The summed E-state index contributed by atoms with van der Waals surface area (Å²) in [4.78, 5) is 16.5. The molecule has 1 atom stereocenters. The number of aryl methyl sites for hydroxylation is 1. The van der Waals surface area contributed by atoms with E-state index in [2.05, 4.69) is 15.4 Å². The van der Waals surface area contributed by atoms with Crippen LogP contribution in [0.4, 0.5) is 0 Å². The van der Waals surface area contributed by atoms with Gasteiger partial charge in [-0.25, -0.2) is 4.98 Å². The van der Waals surface area contributed by atoms with E-state index >= 15 is 0 Å². The summed E-state index contributed by atoms with van der Waals surface area (Å²) in [5.41, 5.74) is 0.594. The summed E-state index contributed by atoms with van der Waals surface area (Å²) in [5.74, 6) is 0.602. The number of fused-ring (bicyclic) bond motifs is 1. The smallest absolute Gasteiger partial charge is 0.264 e. The third-order valence-electron chi connectivity index (χ3n) is 3.70. The summed E-state index contributed by atoms with van der Waals surface area (Å²) in [5, 5.41) is 7.99. The van der Waals surface area contributed by atoms with Crippen LogP contribution in [0.25, 0.3) is 11.0 Å². The zero-order valence-electron chi connectivity index (χ0n) is 11.6. The van der Waals surface area contributed by atoms with Gasteiger partial charge in [0.1, 0.15) is 11.7 Å². The van der Waals surface area contributed by atoms with Crippen molar-refractivity contribution in [2.45, 2.75) is 13.0 Å². The fraction of sp³-hybridized carbons (Fsp3) is 0.615. The molecule has 108 valence electrons. The van der Waals surface area contributed by atoms with Gasteiger partial charge in [-0.2, -0.15) is 5.10 Å². The van der Waals surface area contributed by atoms with Gasteiger partial charge in [0.25, 0.3) is 5.56 Å². The van der Waals surface area contributed by atoms with Crippen LogP contribution in [0.3, 0.4) is 0 Å². The minimum absolute atomic E-state index is 0.0332. The third kappa shape index (κ3) is 2.59. The Morgan fingerprint density at radius 1 is 1.55 bits per heavy atom. The van der Waals surface area contributed by atoms with Gasteiger partial charge in [-0.1, -0.05) is 0 Å². The van der Waals surface area contributed by atoms with Gasteiger partial charge in [-0.05, 0) is 12.3 Å². The number of ether oxygens (including phenoxy) is 1. The fourth-order valence-electron chi connectivity index (χ4n) is 2.48. The Bertz CT molecular complexity index is 642. The SMILES string of the molecule is Cn1ncc2c(=O)n(CCNCC3CCOC3)cnc21. The maximum atomic E-state index is 12.2. The molecule has 3 heterocycles. The molecule has 7 nitrogen and oxygen atoms in total. The molecule has 3 rings (SSSR count). The van der Waals surface area contributed by atoms with Gasteiger partial charge in [0.2, 0.25) is 0 Å². The predicted octanol–water partition coefficient (Wildman–Crippen LogP) is -0.244. The van der Waals surface area contributed by atoms with Crippen molar-refractivity contribution < 1.29 is 4.74 Å². The van der Waals surface area contributed by atoms with Crippen LogP contribution >= 0.6 is 0 Å². The second-order valence-corrected chi connectivity index (χ2v) is 5.18. The van der Waals surface area contributed by atoms with Crippen LogP contribution in [0, 0.1) is 5.92 Å². The van der Waals surface area contributed by atoms with Crippen molar-refractivity contribution in [1.29, 1.82) is 0 Å². The van der Waals surface area contributed by atoms with Crippen LogP contribution in [0.5, 0.6) is 0 Å². The molecule has 0 bridgehead atoms. The lowest BCUT2D eigenvalue weighted by molar-refractivity contribution is 0.185. The Hall–Kier alpha value is -1.73. The summed E-state index contributed by atoms with van der Waals surface area (Å²) in [7, 11) is 1.78. The van der Waals surface area contributed by atoms with Crippen molar-refractivity contribution in [2.75, 3.05) is 26.3 Å². The van der Waals surface area contributed by atoms with Crippen LogP contribution in [0.2, 0.25) is 0 Å². The van der Waals surface area contributed by atoms with Gasteiger partial charge in [0.05, 0.1) is 12.8 Å². The number of nitrogens with one attached hydrogen (secondary N) is 1. The molecule has 1 aliphatic rings. The van der Waals surface area contributed by atoms with Crippen LogP contribution < -0.4 is 10.9 Å². The minimum atomic E-state index is -0.0332. The topological polar surface area (TPSA) is 74.0 Å². The highest BCUT2D eigenvalue weighted by molar-refractivity contribution is 5.72. The van der Waals surface area contributed by atoms with Gasteiger partial charge in [-0.15, -0.1) is 0 Å². The molecule has 0 spiro atoms. The lowest BCUT2D eigenvalue weighted by Crippen LogP contribution is -2.30. The first-order valence-corrected chi connectivity index (χ1v) is 6.91. The van der Waals surface area contributed by atoms with E-state index in [1.807, 2.05) is 0 Å². The zero-order valence-corrected chi connectivity index (χ0v) is 11.6. The van der Waals surface area contributed by atoms with Crippen molar-refractivity contribution in [3.8, 4) is 0 Å². The number of hydrogen-bond acceptors (Lipinski definition) is 5. The second-order valence-electron chi connectivity index (χ2n) is 5.18. The first-order valence-electron chi connectivity index (χ1n) is 6.91. The van der Waals surface area contributed by atoms with Crippen LogP contribution in [-0.4, -0.2) is 45.6 Å². The number of nitrogens with zero attached hydrogens (tertiary/aromatic N) is 4. The van der Waals surface area contributed by atoms with Gasteiger partial charge in [0, 0.05) is 33.3 Å². The summed E-state index contributed by atoms with van der Waals surface area (Å²) in [6.07, 6.45) is 4.29. The molecule has 1 unspecified atom stereocenters. The normalized spacial score (nSPS) is 18.9. The molecule has 0 aliphatic carbocycles. The van der Waals surface area contributed by atoms with Crippen LogP contribution in [-0.2, 0) is 18.3 Å². The highest BCUT2D eigenvalue weighted by Crippen LogP contribution is 2.10. The molecule has 0 aromatic carbocycles. The third-order valence-corrected chi connectivity index (χ3v) is 3.70. The summed E-state index contributed by atoms with van der Waals surface area (Å²) >= 11 is 0. The number of hydrogen-bond donors (Lipinski definition) is 1. The monoisotopic (exact) mass is 277 g/mol. The summed E-state index contributed by atoms with van der Waals surface area (Å²) < 4.78 is 8.57. The molecule has 1 aliphatic heterocycles. The number of aromatic nitrogens is 4. The summed E-state index contributed by atoms with van der Waals surface area (Å²) in [6.45, 7) is 4.02. The van der Waals surface area contributed by atoms with E-state index in [4.69, 9.17) is 4.74 Å². The molecule has 0 amide bonds. The largest absolute Gasteiger partial charge is 0.381 e. The lowest BCUT2D eigenvalue weighted by Gasteiger charge is -2.10. The molecular formula is C13H19N5O2. The molecule has 2 aromatic heterocycles. The molecular weight excluding hydrogens is 258 g/mol. The Balaban J connectivity index is 1.60. The lowest BCUT2D eigenvalue weighted by atomic mass is 10.1. The highest BCUT2D eigenvalue weighted by Gasteiger charge is 2.14. The van der Waals surface area contributed by atoms with E-state index < -0.39 is 0 Å². The molecule has 0 saturated carbocycles. The fourth-order valence-corrected chi connectivity index (χ4v) is 2.48. The Morgan fingerprint density at radius 2 is 2.45 bits per heavy atom. The standard InChI is InChI=1S/C13H19N5O2/c1-17-12-11(7-16-17)13(19)18(9-15-12)4-3-14-6-10-2-5-20-8-10/h7,9-10,14H,2-6,8H2,1H3. The minimum Gasteiger partial charge on any atom is -0.381 e. The van der Waals surface area contributed by atoms with Crippen LogP contribution in [0.15, 0.2) is 17.3 Å². The van der Waals surface area contributed by atoms with E-state index in [0.717, 1.165) is 32.7 Å². The molecule has 2 aromatic rings. The van der Waals surface area contributed by atoms with Gasteiger partial charge >= 0.3 is 0 Å². The van der Waals surface area contributed by atoms with Crippen LogP contribution in [0.1, 0.15) is 6.42 Å². The average molecular weight is 277 g/mol. The molecule has 1 fully saturated rings. The average Bonchev–Trinajstić information content (AvgIpc) is 3.08. The molecule has 7 heteroatoms. The Labute approximate surface area is 116 Å². The van der Waals surface area contributed by atoms with E-state index in [1.165, 1.54) is 0 Å². The number of rotatable bonds is 5. The van der Waals surface area contributed by atoms with E-state index in [9.17, 15) is 4.79 Å². The zero-order chi connectivity index (χ0) is 13.9. The first-order chi connectivity index (χ1) is 9.75. The van der Waals surface area contributed by atoms with Gasteiger partial charge in [-0.3, -0.25) is 14.0 Å². The first kappa shape index (κ1) is 13.3. The van der Waals surface area contributed by atoms with E-state index in [1.54, 1.807) is 28.8 Å². The molecule has 1 saturated heterocycles. The molecule has 20 heavy (non-hydrogen) atoms. The maximum Gasteiger partial charge on any atom is 0.264 e. The van der Waals surface area contributed by atoms with E-state index in [0.29, 0.717) is 23.5 Å². The Morgan fingerprint density at radius 3 is 3.25 bits per heavy atom. The van der Waals surface area contributed by atoms with Gasteiger partial charge < -0.3 is 10.1 Å². The Kier molecular flexibility index (Phi) is 3.79. The van der Waals surface area contributed by atoms with Crippen molar-refractivity contribution in [2.24, 2.45) is 13.0 Å². The highest BCUT2D eigenvalue weighted by atomic mass is 16.5. The van der Waals surface area contributed by atoms with Crippen molar-refractivity contribution in [3.05, 3.63) is 22.9 Å². The van der Waals surface area contributed by atoms with Crippen molar-refractivity contribution in [1.82, 2.24) is 24.6 Å². The quantitative estimate of drug-likeness (QED) is 0.763. The predicted molar refractivity (Wildman–Crippen MR) is 74.6 cm³/mol. The second kappa shape index (κ2) is 5.72.